The van der Waals surface area contributed by atoms with Gasteiger partial charge in [0.05, 0.1) is 12.2 Å². The molecule has 2 aromatic heterocycles. The molecule has 1 aliphatic rings. The first kappa shape index (κ1) is 23.6. The predicted molar refractivity (Wildman–Crippen MR) is 134 cm³/mol. The molecule has 1 saturated heterocycles. The minimum absolute atomic E-state index is 0.123. The van der Waals surface area contributed by atoms with Gasteiger partial charge in [0, 0.05) is 13.1 Å². The van der Waals surface area contributed by atoms with Gasteiger partial charge >= 0.3 is 6.09 Å². The number of benzene rings is 2. The van der Waals surface area contributed by atoms with Crippen molar-refractivity contribution in [3.63, 3.8) is 0 Å². The second-order valence-corrected chi connectivity index (χ2v) is 9.69. The molecule has 186 valence electrons. The lowest BCUT2D eigenvalue weighted by Crippen LogP contribution is -2.42. The normalized spacial score (nSPS) is 14.6. The molecule has 36 heavy (non-hydrogen) atoms. The summed E-state index contributed by atoms with van der Waals surface area (Å²) in [7, 11) is 0. The van der Waals surface area contributed by atoms with Crippen LogP contribution < -0.4 is 9.47 Å². The van der Waals surface area contributed by atoms with Crippen LogP contribution in [0.1, 0.15) is 39.7 Å². The fourth-order valence-corrected chi connectivity index (χ4v) is 4.12. The quantitative estimate of drug-likeness (QED) is 0.342. The lowest BCUT2D eigenvalue weighted by Gasteiger charge is -2.33. The third kappa shape index (κ3) is 5.40. The van der Waals surface area contributed by atoms with Crippen molar-refractivity contribution in [2.75, 3.05) is 13.1 Å². The molecule has 5 rings (SSSR count). The van der Waals surface area contributed by atoms with Gasteiger partial charge in [-0.25, -0.2) is 19.4 Å². The molecule has 0 aliphatic carbocycles. The summed E-state index contributed by atoms with van der Waals surface area (Å²) in [5, 5.41) is 5.32. The van der Waals surface area contributed by atoms with E-state index in [-0.39, 0.29) is 12.1 Å². The van der Waals surface area contributed by atoms with Gasteiger partial charge in [0.2, 0.25) is 5.88 Å². The SMILES string of the molecule is CC(C)(C)OC(=O)N1CCC(n2ncc3c(Oc4ccc(Oc5ccccc5)cc4)ncnc32)CC1. The first-order chi connectivity index (χ1) is 17.4. The summed E-state index contributed by atoms with van der Waals surface area (Å²) in [6.07, 6.45) is 4.47. The summed E-state index contributed by atoms with van der Waals surface area (Å²) in [4.78, 5) is 22.9. The van der Waals surface area contributed by atoms with Crippen molar-refractivity contribution >= 4 is 17.1 Å². The van der Waals surface area contributed by atoms with Gasteiger partial charge < -0.3 is 19.1 Å². The molecule has 0 bridgehead atoms. The fraction of sp³-hybridized carbons (Fsp3) is 0.333. The molecule has 4 aromatic rings. The summed E-state index contributed by atoms with van der Waals surface area (Å²) in [5.74, 6) is 2.56. The van der Waals surface area contributed by atoms with Crippen LogP contribution in [0.5, 0.6) is 23.1 Å². The van der Waals surface area contributed by atoms with E-state index in [1.165, 1.54) is 6.33 Å². The topological polar surface area (TPSA) is 91.6 Å². The molecule has 9 nitrogen and oxygen atoms in total. The zero-order valence-corrected chi connectivity index (χ0v) is 20.6. The van der Waals surface area contributed by atoms with E-state index in [9.17, 15) is 4.79 Å². The zero-order chi connectivity index (χ0) is 25.1. The number of para-hydroxylation sites is 1. The minimum atomic E-state index is -0.505. The molecule has 0 spiro atoms. The molecule has 2 aromatic carbocycles. The number of hydrogen-bond donors (Lipinski definition) is 0. The first-order valence-corrected chi connectivity index (χ1v) is 12.0. The van der Waals surface area contributed by atoms with Crippen molar-refractivity contribution in [3.05, 3.63) is 67.1 Å². The molecule has 1 aliphatic heterocycles. The number of hydrogen-bond acceptors (Lipinski definition) is 7. The highest BCUT2D eigenvalue weighted by molar-refractivity contribution is 5.80. The van der Waals surface area contributed by atoms with E-state index in [1.807, 2.05) is 80.1 Å². The molecule has 3 heterocycles. The maximum absolute atomic E-state index is 12.4. The molecule has 0 saturated carbocycles. The molecule has 0 atom stereocenters. The Balaban J connectivity index is 1.26. The third-order valence-corrected chi connectivity index (χ3v) is 5.83. The van der Waals surface area contributed by atoms with E-state index >= 15 is 0 Å². The number of fused-ring (bicyclic) bond motifs is 1. The molecule has 1 fully saturated rings. The lowest BCUT2D eigenvalue weighted by atomic mass is 10.1. The van der Waals surface area contributed by atoms with Gasteiger partial charge in [-0.15, -0.1) is 0 Å². The van der Waals surface area contributed by atoms with Crippen LogP contribution in [0.3, 0.4) is 0 Å². The van der Waals surface area contributed by atoms with E-state index in [2.05, 4.69) is 15.1 Å². The van der Waals surface area contributed by atoms with Crippen molar-refractivity contribution in [3.8, 4) is 23.1 Å². The van der Waals surface area contributed by atoms with Crippen LogP contribution >= 0.6 is 0 Å². The second kappa shape index (κ2) is 9.85. The maximum Gasteiger partial charge on any atom is 0.410 e. The Morgan fingerprint density at radius 3 is 2.19 bits per heavy atom. The standard InChI is InChI=1S/C27H29N5O4/c1-27(2,3)36-26(33)31-15-13-19(14-16-31)32-24-23(17-30-32)25(29-18-28-24)35-22-11-9-21(10-12-22)34-20-7-5-4-6-8-20/h4-12,17-19H,13-16H2,1-3H3. The Morgan fingerprint density at radius 2 is 1.53 bits per heavy atom. The van der Waals surface area contributed by atoms with Gasteiger partial charge in [-0.05, 0) is 70.0 Å². The zero-order valence-electron chi connectivity index (χ0n) is 20.6. The minimum Gasteiger partial charge on any atom is -0.457 e. The molecule has 0 N–H and O–H groups in total. The number of amides is 1. The van der Waals surface area contributed by atoms with Crippen molar-refractivity contribution in [1.82, 2.24) is 24.6 Å². The summed E-state index contributed by atoms with van der Waals surface area (Å²) in [6.45, 7) is 6.83. The van der Waals surface area contributed by atoms with Crippen molar-refractivity contribution in [1.29, 1.82) is 0 Å². The number of aromatic nitrogens is 4. The van der Waals surface area contributed by atoms with E-state index < -0.39 is 5.60 Å². The number of ether oxygens (including phenoxy) is 3. The molecular formula is C27H29N5O4. The number of piperidine rings is 1. The van der Waals surface area contributed by atoms with E-state index in [4.69, 9.17) is 14.2 Å². The Morgan fingerprint density at radius 1 is 0.889 bits per heavy atom. The maximum atomic E-state index is 12.4. The van der Waals surface area contributed by atoms with Gasteiger partial charge in [-0.2, -0.15) is 5.10 Å². The summed E-state index contributed by atoms with van der Waals surface area (Å²) >= 11 is 0. The van der Waals surface area contributed by atoms with Gasteiger partial charge in [0.15, 0.2) is 5.65 Å². The van der Waals surface area contributed by atoms with E-state index in [0.29, 0.717) is 36.1 Å². The van der Waals surface area contributed by atoms with Crippen LogP contribution in [-0.4, -0.2) is 49.4 Å². The third-order valence-electron chi connectivity index (χ3n) is 5.83. The van der Waals surface area contributed by atoms with Crippen molar-refractivity contribution < 1.29 is 19.0 Å². The first-order valence-electron chi connectivity index (χ1n) is 12.0. The van der Waals surface area contributed by atoms with Crippen molar-refractivity contribution in [2.24, 2.45) is 0 Å². The predicted octanol–water partition coefficient (Wildman–Crippen LogP) is 5.98. The number of nitrogens with zero attached hydrogens (tertiary/aromatic N) is 5. The Hall–Kier alpha value is -4.14. The molecular weight excluding hydrogens is 458 g/mol. The van der Waals surface area contributed by atoms with Crippen molar-refractivity contribution in [2.45, 2.75) is 45.3 Å². The molecule has 0 radical (unpaired) electrons. The number of rotatable bonds is 5. The highest BCUT2D eigenvalue weighted by Gasteiger charge is 2.29. The van der Waals surface area contributed by atoms with Gasteiger partial charge in [-0.1, -0.05) is 18.2 Å². The summed E-state index contributed by atoms with van der Waals surface area (Å²) < 4.78 is 19.3. The largest absolute Gasteiger partial charge is 0.457 e. The van der Waals surface area contributed by atoms with Crippen LogP contribution in [-0.2, 0) is 4.74 Å². The lowest BCUT2D eigenvalue weighted by molar-refractivity contribution is 0.0186. The molecule has 1 amide bonds. The van der Waals surface area contributed by atoms with Gasteiger partial charge in [-0.3, -0.25) is 0 Å². The highest BCUT2D eigenvalue weighted by Crippen LogP contribution is 2.32. The Kier molecular flexibility index (Phi) is 6.45. The fourth-order valence-electron chi connectivity index (χ4n) is 4.12. The van der Waals surface area contributed by atoms with Crippen LogP contribution in [0.4, 0.5) is 4.79 Å². The van der Waals surface area contributed by atoms with Gasteiger partial charge in [0.25, 0.3) is 0 Å². The number of likely N-dealkylation sites (tertiary alicyclic amines) is 1. The Labute approximate surface area is 209 Å². The number of carbonyl (C=O) groups is 1. The molecule has 9 heteroatoms. The molecule has 0 unspecified atom stereocenters. The second-order valence-electron chi connectivity index (χ2n) is 9.69. The average Bonchev–Trinajstić information content (AvgIpc) is 3.30. The number of carbonyl (C=O) groups excluding carboxylic acids is 1. The smallest absolute Gasteiger partial charge is 0.410 e. The summed E-state index contributed by atoms with van der Waals surface area (Å²) in [5.41, 5.74) is 0.203. The van der Waals surface area contributed by atoms with E-state index in [0.717, 1.165) is 24.0 Å². The highest BCUT2D eigenvalue weighted by atomic mass is 16.6. The van der Waals surface area contributed by atoms with Crippen LogP contribution in [0.25, 0.3) is 11.0 Å². The summed E-state index contributed by atoms with van der Waals surface area (Å²) in [6, 6.07) is 17.1. The van der Waals surface area contributed by atoms with Crippen LogP contribution in [0.2, 0.25) is 0 Å². The van der Waals surface area contributed by atoms with Gasteiger partial charge in [0.1, 0.15) is 34.6 Å². The van der Waals surface area contributed by atoms with Crippen LogP contribution in [0, 0.1) is 0 Å². The monoisotopic (exact) mass is 487 g/mol. The Bertz CT molecular complexity index is 1320. The average molecular weight is 488 g/mol. The van der Waals surface area contributed by atoms with Crippen LogP contribution in [0.15, 0.2) is 67.1 Å². The van der Waals surface area contributed by atoms with E-state index in [1.54, 1.807) is 11.1 Å².